The number of rotatable bonds is 6. The van der Waals surface area contributed by atoms with Crippen LogP contribution in [0.25, 0.3) is 0 Å². The van der Waals surface area contributed by atoms with Crippen molar-refractivity contribution in [2.75, 3.05) is 13.2 Å². The van der Waals surface area contributed by atoms with E-state index >= 15 is 0 Å². The molecule has 0 amide bonds. The van der Waals surface area contributed by atoms with Gasteiger partial charge in [-0.25, -0.2) is 13.1 Å². The van der Waals surface area contributed by atoms with Crippen LogP contribution < -0.4 is 9.46 Å². The SMILES string of the molecule is Cc1cc(OCCNS(=O)(=O)c2ccccc2Cl)cc(C)c1Cl. The summed E-state index contributed by atoms with van der Waals surface area (Å²) < 4.78 is 32.3. The second-order valence-electron chi connectivity index (χ2n) is 5.05. The molecule has 0 aliphatic heterocycles. The van der Waals surface area contributed by atoms with Crippen molar-refractivity contribution in [3.05, 3.63) is 57.6 Å². The van der Waals surface area contributed by atoms with Crippen LogP contribution in [0.3, 0.4) is 0 Å². The largest absolute Gasteiger partial charge is 0.492 e. The number of nitrogens with one attached hydrogen (secondary N) is 1. The molecule has 7 heteroatoms. The minimum absolute atomic E-state index is 0.0554. The van der Waals surface area contributed by atoms with Crippen molar-refractivity contribution in [2.24, 2.45) is 0 Å². The molecule has 0 unspecified atom stereocenters. The molecule has 0 aliphatic carbocycles. The lowest BCUT2D eigenvalue weighted by Gasteiger charge is -2.11. The van der Waals surface area contributed by atoms with Crippen molar-refractivity contribution >= 4 is 33.2 Å². The molecule has 2 aromatic rings. The predicted molar refractivity (Wildman–Crippen MR) is 93.1 cm³/mol. The Morgan fingerprint density at radius 3 is 2.30 bits per heavy atom. The maximum absolute atomic E-state index is 12.1. The number of hydrogen-bond donors (Lipinski definition) is 1. The summed E-state index contributed by atoms with van der Waals surface area (Å²) in [4.78, 5) is 0.0554. The highest BCUT2D eigenvalue weighted by Crippen LogP contribution is 2.25. The van der Waals surface area contributed by atoms with Crippen molar-refractivity contribution in [3.8, 4) is 5.75 Å². The third-order valence-corrected chi connectivity index (χ3v) is 5.76. The van der Waals surface area contributed by atoms with Gasteiger partial charge in [-0.1, -0.05) is 35.3 Å². The maximum atomic E-state index is 12.1. The molecule has 2 aromatic carbocycles. The second-order valence-corrected chi connectivity index (χ2v) is 7.57. The van der Waals surface area contributed by atoms with Crippen LogP contribution >= 0.6 is 23.2 Å². The Balaban J connectivity index is 1.94. The molecule has 0 spiro atoms. The Hall–Kier alpha value is -1.27. The maximum Gasteiger partial charge on any atom is 0.242 e. The Morgan fingerprint density at radius 1 is 1.09 bits per heavy atom. The third kappa shape index (κ3) is 4.61. The van der Waals surface area contributed by atoms with E-state index in [2.05, 4.69) is 4.72 Å². The molecule has 0 saturated carbocycles. The molecule has 0 aromatic heterocycles. The molecule has 124 valence electrons. The Kier molecular flexibility index (Phi) is 5.92. The normalized spacial score (nSPS) is 11.5. The van der Waals surface area contributed by atoms with Gasteiger partial charge in [0.05, 0.1) is 5.02 Å². The Bertz CT molecular complexity index is 784. The van der Waals surface area contributed by atoms with Crippen LogP contribution in [0.15, 0.2) is 41.3 Å². The molecule has 0 atom stereocenters. The molecular formula is C16H17Cl2NO3S. The molecule has 0 bridgehead atoms. The predicted octanol–water partition coefficient (Wildman–Crippen LogP) is 3.97. The van der Waals surface area contributed by atoms with Crippen molar-refractivity contribution in [3.63, 3.8) is 0 Å². The molecule has 4 nitrogen and oxygen atoms in total. The number of halogens is 2. The molecule has 0 fully saturated rings. The number of ether oxygens (including phenoxy) is 1. The highest BCUT2D eigenvalue weighted by atomic mass is 35.5. The van der Waals surface area contributed by atoms with Crippen molar-refractivity contribution in [2.45, 2.75) is 18.7 Å². The first-order chi connectivity index (χ1) is 10.8. The van der Waals surface area contributed by atoms with Crippen LogP contribution in [0.2, 0.25) is 10.0 Å². The lowest BCUT2D eigenvalue weighted by Crippen LogP contribution is -2.28. The van der Waals surface area contributed by atoms with E-state index in [-0.39, 0.29) is 23.1 Å². The fourth-order valence-corrected chi connectivity index (χ4v) is 3.71. The highest BCUT2D eigenvalue weighted by molar-refractivity contribution is 7.89. The smallest absolute Gasteiger partial charge is 0.242 e. The van der Waals surface area contributed by atoms with Gasteiger partial charge in [0.15, 0.2) is 0 Å². The number of hydrogen-bond acceptors (Lipinski definition) is 3. The van der Waals surface area contributed by atoms with Crippen LogP contribution in [0.1, 0.15) is 11.1 Å². The van der Waals surface area contributed by atoms with E-state index in [0.717, 1.165) is 11.1 Å². The van der Waals surface area contributed by atoms with Gasteiger partial charge in [-0.2, -0.15) is 0 Å². The standard InChI is InChI=1S/C16H17Cl2NO3S/c1-11-9-13(10-12(2)16(11)18)22-8-7-19-23(20,21)15-6-4-3-5-14(15)17/h3-6,9-10,19H,7-8H2,1-2H3. The Morgan fingerprint density at radius 2 is 1.70 bits per heavy atom. The number of benzene rings is 2. The minimum Gasteiger partial charge on any atom is -0.492 e. The first kappa shape index (κ1) is 18.1. The Labute approximate surface area is 146 Å². The first-order valence-corrected chi connectivity index (χ1v) is 9.19. The fourth-order valence-electron chi connectivity index (χ4n) is 2.07. The minimum atomic E-state index is -3.65. The number of aryl methyl sites for hydroxylation is 2. The summed E-state index contributed by atoms with van der Waals surface area (Å²) in [6.07, 6.45) is 0. The lowest BCUT2D eigenvalue weighted by molar-refractivity contribution is 0.322. The monoisotopic (exact) mass is 373 g/mol. The molecule has 23 heavy (non-hydrogen) atoms. The van der Waals surface area contributed by atoms with Crippen LogP contribution in [0.4, 0.5) is 0 Å². The van der Waals surface area contributed by atoms with E-state index in [1.165, 1.54) is 12.1 Å². The fraction of sp³-hybridized carbons (Fsp3) is 0.250. The average molecular weight is 374 g/mol. The zero-order valence-electron chi connectivity index (χ0n) is 12.8. The van der Waals surface area contributed by atoms with E-state index in [9.17, 15) is 8.42 Å². The molecule has 1 N–H and O–H groups in total. The van der Waals surface area contributed by atoms with Gasteiger partial charge in [-0.05, 0) is 49.2 Å². The van der Waals surface area contributed by atoms with Crippen LogP contribution in [-0.4, -0.2) is 21.6 Å². The second kappa shape index (κ2) is 7.53. The van der Waals surface area contributed by atoms with Gasteiger partial charge in [-0.3, -0.25) is 0 Å². The molecular weight excluding hydrogens is 357 g/mol. The van der Waals surface area contributed by atoms with Gasteiger partial charge in [0.2, 0.25) is 10.0 Å². The zero-order chi connectivity index (χ0) is 17.0. The van der Waals surface area contributed by atoms with Crippen LogP contribution in [-0.2, 0) is 10.0 Å². The van der Waals surface area contributed by atoms with Gasteiger partial charge < -0.3 is 4.74 Å². The summed E-state index contributed by atoms with van der Waals surface area (Å²) in [5.41, 5.74) is 1.83. The number of sulfonamides is 1. The van der Waals surface area contributed by atoms with Crippen molar-refractivity contribution < 1.29 is 13.2 Å². The van der Waals surface area contributed by atoms with Crippen LogP contribution in [0, 0.1) is 13.8 Å². The van der Waals surface area contributed by atoms with E-state index in [1.54, 1.807) is 12.1 Å². The van der Waals surface area contributed by atoms with E-state index in [1.807, 2.05) is 26.0 Å². The molecule has 0 radical (unpaired) electrons. The van der Waals surface area contributed by atoms with Gasteiger partial charge in [0.25, 0.3) is 0 Å². The molecule has 0 aliphatic rings. The summed E-state index contributed by atoms with van der Waals surface area (Å²) in [6, 6.07) is 9.92. The van der Waals surface area contributed by atoms with E-state index in [4.69, 9.17) is 27.9 Å². The lowest BCUT2D eigenvalue weighted by atomic mass is 10.1. The third-order valence-electron chi connectivity index (χ3n) is 3.20. The van der Waals surface area contributed by atoms with Crippen molar-refractivity contribution in [1.29, 1.82) is 0 Å². The summed E-state index contributed by atoms with van der Waals surface area (Å²) in [6.45, 7) is 4.11. The molecule has 0 heterocycles. The van der Waals surface area contributed by atoms with E-state index < -0.39 is 10.0 Å². The molecule has 0 saturated heterocycles. The quantitative estimate of drug-likeness (QED) is 0.779. The summed E-state index contributed by atoms with van der Waals surface area (Å²) in [7, 11) is -3.65. The average Bonchev–Trinajstić information content (AvgIpc) is 2.49. The van der Waals surface area contributed by atoms with Crippen molar-refractivity contribution in [1.82, 2.24) is 4.72 Å². The van der Waals surface area contributed by atoms with Gasteiger partial charge >= 0.3 is 0 Å². The summed E-state index contributed by atoms with van der Waals surface area (Å²) in [5.74, 6) is 0.654. The first-order valence-electron chi connectivity index (χ1n) is 6.95. The van der Waals surface area contributed by atoms with Gasteiger partial charge in [-0.15, -0.1) is 0 Å². The topological polar surface area (TPSA) is 55.4 Å². The van der Waals surface area contributed by atoms with Gasteiger partial charge in [0, 0.05) is 11.6 Å². The van der Waals surface area contributed by atoms with E-state index in [0.29, 0.717) is 10.8 Å². The zero-order valence-corrected chi connectivity index (χ0v) is 15.1. The van der Waals surface area contributed by atoms with Gasteiger partial charge in [0.1, 0.15) is 17.3 Å². The summed E-state index contributed by atoms with van der Waals surface area (Å²) in [5, 5.41) is 0.890. The highest BCUT2D eigenvalue weighted by Gasteiger charge is 2.16. The summed E-state index contributed by atoms with van der Waals surface area (Å²) >= 11 is 12.0. The molecule has 2 rings (SSSR count). The van der Waals surface area contributed by atoms with Crippen LogP contribution in [0.5, 0.6) is 5.75 Å².